The summed E-state index contributed by atoms with van der Waals surface area (Å²) in [6, 6.07) is 13.5. The van der Waals surface area contributed by atoms with Gasteiger partial charge in [-0.2, -0.15) is 10.5 Å². The second-order valence-electron chi connectivity index (χ2n) is 7.21. The number of fused-ring (bicyclic) bond motifs is 1. The Balaban J connectivity index is 1.62. The van der Waals surface area contributed by atoms with Crippen LogP contribution in [0, 0.1) is 22.7 Å². The summed E-state index contributed by atoms with van der Waals surface area (Å²) in [5.74, 6) is 0.524. The number of carbonyl (C=O) groups excluding carboxylic acids is 1. The number of amides is 1. The zero-order chi connectivity index (χ0) is 24.9. The van der Waals surface area contributed by atoms with Crippen molar-refractivity contribution in [2.75, 3.05) is 17.7 Å². The number of carbonyl (C=O) groups is 1. The van der Waals surface area contributed by atoms with Gasteiger partial charge in [-0.05, 0) is 43.0 Å². The van der Waals surface area contributed by atoms with Crippen molar-refractivity contribution in [3.63, 3.8) is 0 Å². The van der Waals surface area contributed by atoms with E-state index in [1.165, 1.54) is 22.7 Å². The van der Waals surface area contributed by atoms with Crippen LogP contribution in [0.5, 0.6) is 5.75 Å². The fourth-order valence-corrected chi connectivity index (χ4v) is 6.11. The molecular formula is C24H20N6O2S3. The van der Waals surface area contributed by atoms with Gasteiger partial charge in [0, 0.05) is 10.4 Å². The first-order chi connectivity index (χ1) is 17.0. The summed E-state index contributed by atoms with van der Waals surface area (Å²) in [6.45, 7) is 4.36. The molecule has 1 atom stereocenters. The number of nitrogens with two attached hydrogens (primary N) is 1. The lowest BCUT2D eigenvalue weighted by molar-refractivity contribution is -0.115. The van der Waals surface area contributed by atoms with E-state index in [1.807, 2.05) is 49.6 Å². The summed E-state index contributed by atoms with van der Waals surface area (Å²) in [5.41, 5.74) is 7.70. The molecule has 176 valence electrons. The van der Waals surface area contributed by atoms with Crippen molar-refractivity contribution in [3.8, 4) is 28.3 Å². The Morgan fingerprint density at radius 2 is 2.03 bits per heavy atom. The van der Waals surface area contributed by atoms with E-state index < -0.39 is 5.25 Å². The standard InChI is InChI=1S/C24H20N6O2S3/c1-3-17(22(31)30-24-28-16-8-7-13(32-4-2)10-19(16)35-24)34-23-15(12-26)20(18-6-5-9-33-18)14(11-25)21(27)29-23/h5-10,17H,3-4H2,1-2H3,(H2,27,29)(H,28,30,31). The van der Waals surface area contributed by atoms with E-state index in [1.54, 1.807) is 0 Å². The van der Waals surface area contributed by atoms with Gasteiger partial charge < -0.3 is 15.8 Å². The van der Waals surface area contributed by atoms with E-state index in [0.29, 0.717) is 28.7 Å². The summed E-state index contributed by atoms with van der Waals surface area (Å²) in [5, 5.41) is 24.6. The van der Waals surface area contributed by atoms with Crippen LogP contribution in [-0.2, 0) is 4.79 Å². The lowest BCUT2D eigenvalue weighted by Crippen LogP contribution is -2.24. The number of pyridine rings is 1. The van der Waals surface area contributed by atoms with Gasteiger partial charge >= 0.3 is 0 Å². The Morgan fingerprint density at radius 1 is 1.23 bits per heavy atom. The first-order valence-electron chi connectivity index (χ1n) is 10.7. The number of nitriles is 2. The molecule has 3 heterocycles. The number of aromatic nitrogens is 2. The van der Waals surface area contributed by atoms with Crippen molar-refractivity contribution >= 4 is 61.5 Å². The Morgan fingerprint density at radius 3 is 2.69 bits per heavy atom. The van der Waals surface area contributed by atoms with E-state index in [9.17, 15) is 15.3 Å². The number of thiophene rings is 1. The van der Waals surface area contributed by atoms with E-state index in [2.05, 4.69) is 27.4 Å². The Labute approximate surface area is 214 Å². The molecule has 0 fully saturated rings. The molecule has 0 aliphatic heterocycles. The third-order valence-corrected chi connectivity index (χ3v) is 8.17. The van der Waals surface area contributed by atoms with Crippen molar-refractivity contribution in [2.24, 2.45) is 0 Å². The van der Waals surface area contributed by atoms with Gasteiger partial charge in [-0.15, -0.1) is 11.3 Å². The molecule has 0 spiro atoms. The number of ether oxygens (including phenoxy) is 1. The largest absolute Gasteiger partial charge is 0.494 e. The minimum atomic E-state index is -0.552. The highest BCUT2D eigenvalue weighted by Crippen LogP contribution is 2.39. The molecule has 3 N–H and O–H groups in total. The second-order valence-corrected chi connectivity index (χ2v) is 10.4. The summed E-state index contributed by atoms with van der Waals surface area (Å²) in [4.78, 5) is 22.7. The highest BCUT2D eigenvalue weighted by molar-refractivity contribution is 8.00. The van der Waals surface area contributed by atoms with Gasteiger partial charge in [0.15, 0.2) is 5.13 Å². The maximum absolute atomic E-state index is 13.1. The van der Waals surface area contributed by atoms with Gasteiger partial charge in [-0.1, -0.05) is 36.1 Å². The van der Waals surface area contributed by atoms with E-state index >= 15 is 0 Å². The van der Waals surface area contributed by atoms with E-state index in [0.717, 1.165) is 32.6 Å². The first kappa shape index (κ1) is 24.5. The Kier molecular flexibility index (Phi) is 7.51. The quantitative estimate of drug-likeness (QED) is 0.284. The molecular weight excluding hydrogens is 501 g/mol. The summed E-state index contributed by atoms with van der Waals surface area (Å²) in [7, 11) is 0. The molecule has 8 nitrogen and oxygen atoms in total. The molecule has 0 saturated heterocycles. The number of nitrogens with zero attached hydrogens (tertiary/aromatic N) is 4. The van der Waals surface area contributed by atoms with Crippen LogP contribution in [0.4, 0.5) is 10.9 Å². The van der Waals surface area contributed by atoms with Gasteiger partial charge in [0.2, 0.25) is 5.91 Å². The SMILES string of the molecule is CCOc1ccc2nc(NC(=O)C(CC)Sc3nc(N)c(C#N)c(-c4cccs4)c3C#N)sc2c1. The number of benzene rings is 1. The van der Waals surface area contributed by atoms with Gasteiger partial charge in [-0.25, -0.2) is 9.97 Å². The monoisotopic (exact) mass is 520 g/mol. The minimum absolute atomic E-state index is 0.0314. The van der Waals surface area contributed by atoms with Gasteiger partial charge in [0.25, 0.3) is 0 Å². The molecule has 1 unspecified atom stereocenters. The van der Waals surface area contributed by atoms with Crippen molar-refractivity contribution in [1.82, 2.24) is 9.97 Å². The molecule has 11 heteroatoms. The van der Waals surface area contributed by atoms with Gasteiger partial charge in [0.05, 0.1) is 27.6 Å². The van der Waals surface area contributed by atoms with Gasteiger partial charge in [-0.3, -0.25) is 4.79 Å². The highest BCUT2D eigenvalue weighted by atomic mass is 32.2. The van der Waals surface area contributed by atoms with Crippen LogP contribution in [0.3, 0.4) is 0 Å². The molecule has 1 aromatic carbocycles. The third kappa shape index (κ3) is 5.08. The number of rotatable bonds is 8. The van der Waals surface area contributed by atoms with Crippen molar-refractivity contribution in [3.05, 3.63) is 46.8 Å². The van der Waals surface area contributed by atoms with Crippen LogP contribution in [0.2, 0.25) is 0 Å². The molecule has 4 rings (SSSR count). The Bertz CT molecular complexity index is 1470. The predicted molar refractivity (Wildman–Crippen MR) is 141 cm³/mol. The molecule has 4 aromatic rings. The number of thioether (sulfide) groups is 1. The molecule has 0 bridgehead atoms. The van der Waals surface area contributed by atoms with Crippen molar-refractivity contribution in [2.45, 2.75) is 30.5 Å². The number of hydrogen-bond donors (Lipinski definition) is 2. The minimum Gasteiger partial charge on any atom is -0.494 e. The van der Waals surface area contributed by atoms with Gasteiger partial charge in [0.1, 0.15) is 34.3 Å². The smallest absolute Gasteiger partial charge is 0.239 e. The van der Waals surface area contributed by atoms with Crippen LogP contribution in [0.15, 0.2) is 40.7 Å². The van der Waals surface area contributed by atoms with E-state index in [-0.39, 0.29) is 22.9 Å². The lowest BCUT2D eigenvalue weighted by Gasteiger charge is -2.16. The molecule has 0 aliphatic rings. The molecule has 1 amide bonds. The van der Waals surface area contributed by atoms with Crippen LogP contribution in [0.1, 0.15) is 31.4 Å². The fraction of sp³-hybridized carbons (Fsp3) is 0.208. The summed E-state index contributed by atoms with van der Waals surface area (Å²) in [6.07, 6.45) is 0.483. The second kappa shape index (κ2) is 10.7. The van der Waals surface area contributed by atoms with Crippen LogP contribution in [0.25, 0.3) is 20.7 Å². The molecule has 0 radical (unpaired) electrons. The molecule has 0 saturated carbocycles. The van der Waals surface area contributed by atoms with Crippen molar-refractivity contribution in [1.29, 1.82) is 10.5 Å². The first-order valence-corrected chi connectivity index (χ1v) is 13.2. The molecule has 35 heavy (non-hydrogen) atoms. The number of nitrogen functional groups attached to an aromatic ring is 1. The summed E-state index contributed by atoms with van der Waals surface area (Å²) < 4.78 is 6.44. The van der Waals surface area contributed by atoms with E-state index in [4.69, 9.17) is 10.5 Å². The number of anilines is 2. The number of hydrogen-bond acceptors (Lipinski definition) is 10. The lowest BCUT2D eigenvalue weighted by atomic mass is 10.0. The average Bonchev–Trinajstić information content (AvgIpc) is 3.51. The average molecular weight is 521 g/mol. The number of nitrogens with one attached hydrogen (secondary N) is 1. The van der Waals surface area contributed by atoms with Crippen LogP contribution >= 0.6 is 34.4 Å². The topological polar surface area (TPSA) is 138 Å². The Hall–Kier alpha value is -3.64. The zero-order valence-electron chi connectivity index (χ0n) is 18.9. The summed E-state index contributed by atoms with van der Waals surface area (Å²) >= 11 is 3.92. The highest BCUT2D eigenvalue weighted by Gasteiger charge is 2.26. The van der Waals surface area contributed by atoms with Crippen molar-refractivity contribution < 1.29 is 9.53 Å². The molecule has 0 aliphatic carbocycles. The predicted octanol–water partition coefficient (Wildman–Crippen LogP) is 5.65. The maximum atomic E-state index is 13.1. The van der Waals surface area contributed by atoms with Crippen LogP contribution in [-0.4, -0.2) is 27.7 Å². The maximum Gasteiger partial charge on any atom is 0.239 e. The third-order valence-electron chi connectivity index (χ3n) is 5.00. The number of thiazole rings is 1. The zero-order valence-corrected chi connectivity index (χ0v) is 21.3. The fourth-order valence-electron chi connectivity index (χ4n) is 3.41. The molecule has 3 aromatic heterocycles. The van der Waals surface area contributed by atoms with Crippen LogP contribution < -0.4 is 15.8 Å². The normalized spacial score (nSPS) is 11.5.